The summed E-state index contributed by atoms with van der Waals surface area (Å²) in [6.45, 7) is 1.61. The fraction of sp³-hybridized carbons (Fsp3) is 0.500. The maximum absolute atomic E-state index is 9.42. The molecule has 0 spiro atoms. The molecule has 0 amide bonds. The highest BCUT2D eigenvalue weighted by atomic mass is 16.5. The number of ether oxygens (including phenoxy) is 1. The van der Waals surface area contributed by atoms with Gasteiger partial charge in [-0.25, -0.2) is 0 Å². The minimum absolute atomic E-state index is 0.157. The van der Waals surface area contributed by atoms with E-state index in [1.54, 1.807) is 6.07 Å². The van der Waals surface area contributed by atoms with Crippen molar-refractivity contribution in [1.82, 2.24) is 0 Å². The van der Waals surface area contributed by atoms with E-state index in [0.717, 1.165) is 18.9 Å². The number of phenolic OH excluding ortho intramolecular Hbond substituents is 1. The van der Waals surface area contributed by atoms with Crippen molar-refractivity contribution in [2.24, 2.45) is 0 Å². The first-order chi connectivity index (χ1) is 7.75. The van der Waals surface area contributed by atoms with Gasteiger partial charge in [-0.15, -0.1) is 0 Å². The standard InChI is InChI=1S/C12H16N2O2/c13-11-5-8(3-4-12(11)15)14-9-1-2-10(14)7-16-6-9/h3-5,9-10,15H,1-2,6-7,13H2. The number of phenols is 1. The summed E-state index contributed by atoms with van der Waals surface area (Å²) < 4.78 is 5.54. The van der Waals surface area contributed by atoms with Gasteiger partial charge in [-0.05, 0) is 31.0 Å². The fourth-order valence-electron chi connectivity index (χ4n) is 2.75. The zero-order chi connectivity index (χ0) is 11.1. The van der Waals surface area contributed by atoms with Crippen LogP contribution in [0.4, 0.5) is 11.4 Å². The van der Waals surface area contributed by atoms with Gasteiger partial charge in [0.25, 0.3) is 0 Å². The molecule has 0 aliphatic carbocycles. The molecule has 2 aliphatic heterocycles. The Bertz CT molecular complexity index is 392. The number of hydrogen-bond donors (Lipinski definition) is 2. The molecule has 16 heavy (non-hydrogen) atoms. The van der Waals surface area contributed by atoms with Gasteiger partial charge in [-0.1, -0.05) is 0 Å². The third-order valence-corrected chi connectivity index (χ3v) is 3.55. The molecular formula is C12H16N2O2. The Morgan fingerprint density at radius 2 is 1.94 bits per heavy atom. The maximum Gasteiger partial charge on any atom is 0.138 e. The number of morpholine rings is 1. The number of nitrogens with zero attached hydrogens (tertiary/aromatic N) is 1. The van der Waals surface area contributed by atoms with Crippen LogP contribution in [0.15, 0.2) is 18.2 Å². The highest BCUT2D eigenvalue weighted by molar-refractivity contribution is 5.64. The van der Waals surface area contributed by atoms with Gasteiger partial charge >= 0.3 is 0 Å². The van der Waals surface area contributed by atoms with Crippen molar-refractivity contribution in [1.29, 1.82) is 0 Å². The number of benzene rings is 1. The molecule has 1 aromatic carbocycles. The molecule has 4 nitrogen and oxygen atoms in total. The molecular weight excluding hydrogens is 204 g/mol. The lowest BCUT2D eigenvalue weighted by molar-refractivity contribution is 0.0906. The van der Waals surface area contributed by atoms with Gasteiger partial charge in [0, 0.05) is 5.69 Å². The van der Waals surface area contributed by atoms with Crippen LogP contribution in [0.3, 0.4) is 0 Å². The van der Waals surface area contributed by atoms with Crippen molar-refractivity contribution >= 4 is 11.4 Å². The molecule has 1 aromatic rings. The molecule has 0 saturated carbocycles. The highest BCUT2D eigenvalue weighted by Crippen LogP contribution is 2.36. The Kier molecular flexibility index (Phi) is 2.17. The third kappa shape index (κ3) is 1.41. The van der Waals surface area contributed by atoms with Crippen LogP contribution >= 0.6 is 0 Å². The summed E-state index contributed by atoms with van der Waals surface area (Å²) in [6.07, 6.45) is 2.37. The summed E-state index contributed by atoms with van der Waals surface area (Å²) in [5.74, 6) is 0.157. The molecule has 3 rings (SSSR count). The molecule has 2 aliphatic rings. The zero-order valence-electron chi connectivity index (χ0n) is 9.10. The van der Waals surface area contributed by atoms with E-state index in [0.29, 0.717) is 17.8 Å². The van der Waals surface area contributed by atoms with Gasteiger partial charge in [0.05, 0.1) is 31.0 Å². The van der Waals surface area contributed by atoms with E-state index in [2.05, 4.69) is 4.90 Å². The lowest BCUT2D eigenvalue weighted by Gasteiger charge is -2.36. The quantitative estimate of drug-likeness (QED) is 0.554. The van der Waals surface area contributed by atoms with Gasteiger partial charge in [0.2, 0.25) is 0 Å². The number of nitrogens with two attached hydrogens (primary N) is 1. The van der Waals surface area contributed by atoms with Crippen molar-refractivity contribution in [3.63, 3.8) is 0 Å². The first kappa shape index (κ1) is 9.78. The summed E-state index contributed by atoms with van der Waals surface area (Å²) in [4.78, 5) is 2.39. The Morgan fingerprint density at radius 3 is 2.56 bits per heavy atom. The highest BCUT2D eigenvalue weighted by Gasteiger charge is 2.37. The van der Waals surface area contributed by atoms with E-state index in [9.17, 15) is 5.11 Å². The lowest BCUT2D eigenvalue weighted by atomic mass is 10.2. The molecule has 0 radical (unpaired) electrons. The molecule has 3 N–H and O–H groups in total. The first-order valence-electron chi connectivity index (χ1n) is 5.70. The monoisotopic (exact) mass is 220 g/mol. The summed E-state index contributed by atoms with van der Waals surface area (Å²) in [7, 11) is 0. The Morgan fingerprint density at radius 1 is 1.25 bits per heavy atom. The number of nitrogen functional groups attached to an aromatic ring is 1. The summed E-state index contributed by atoms with van der Waals surface area (Å²) in [6, 6.07) is 6.40. The third-order valence-electron chi connectivity index (χ3n) is 3.55. The van der Waals surface area contributed by atoms with E-state index in [-0.39, 0.29) is 5.75 Å². The summed E-state index contributed by atoms with van der Waals surface area (Å²) in [5.41, 5.74) is 7.28. The fourth-order valence-corrected chi connectivity index (χ4v) is 2.75. The molecule has 86 valence electrons. The summed E-state index contributed by atoms with van der Waals surface area (Å²) >= 11 is 0. The number of hydrogen-bond acceptors (Lipinski definition) is 4. The normalized spacial score (nSPS) is 28.4. The average molecular weight is 220 g/mol. The predicted octanol–water partition coefficient (Wildman–Crippen LogP) is 1.34. The second-order valence-electron chi connectivity index (χ2n) is 4.57. The van der Waals surface area contributed by atoms with Crippen LogP contribution < -0.4 is 10.6 Å². The van der Waals surface area contributed by atoms with Crippen molar-refractivity contribution in [3.8, 4) is 5.75 Å². The Labute approximate surface area is 94.6 Å². The molecule has 2 bridgehead atoms. The van der Waals surface area contributed by atoms with Crippen molar-refractivity contribution in [2.45, 2.75) is 24.9 Å². The van der Waals surface area contributed by atoms with Crippen LogP contribution in [0.5, 0.6) is 5.75 Å². The second kappa shape index (κ2) is 3.56. The van der Waals surface area contributed by atoms with Crippen LogP contribution in [-0.4, -0.2) is 30.4 Å². The number of fused-ring (bicyclic) bond motifs is 2. The molecule has 2 saturated heterocycles. The first-order valence-corrected chi connectivity index (χ1v) is 5.70. The molecule has 2 atom stereocenters. The van der Waals surface area contributed by atoms with E-state index in [4.69, 9.17) is 10.5 Å². The minimum Gasteiger partial charge on any atom is -0.506 e. The van der Waals surface area contributed by atoms with Crippen LogP contribution in [0.2, 0.25) is 0 Å². The second-order valence-corrected chi connectivity index (χ2v) is 4.57. The average Bonchev–Trinajstić information content (AvgIpc) is 2.53. The van der Waals surface area contributed by atoms with Gasteiger partial charge in [0.15, 0.2) is 0 Å². The van der Waals surface area contributed by atoms with Gasteiger partial charge in [-0.2, -0.15) is 0 Å². The van der Waals surface area contributed by atoms with E-state index >= 15 is 0 Å². The Balaban J connectivity index is 1.94. The number of aromatic hydroxyl groups is 1. The topological polar surface area (TPSA) is 58.7 Å². The van der Waals surface area contributed by atoms with E-state index in [1.807, 2.05) is 12.1 Å². The molecule has 2 unspecified atom stereocenters. The molecule has 4 heteroatoms. The zero-order valence-corrected chi connectivity index (χ0v) is 9.10. The molecule has 2 fully saturated rings. The van der Waals surface area contributed by atoms with E-state index in [1.165, 1.54) is 12.8 Å². The van der Waals surface area contributed by atoms with Crippen molar-refractivity contribution < 1.29 is 9.84 Å². The van der Waals surface area contributed by atoms with Crippen molar-refractivity contribution in [2.75, 3.05) is 23.8 Å². The van der Waals surface area contributed by atoms with Gasteiger partial charge < -0.3 is 20.5 Å². The lowest BCUT2D eigenvalue weighted by Crippen LogP contribution is -2.45. The number of anilines is 2. The van der Waals surface area contributed by atoms with E-state index < -0.39 is 0 Å². The van der Waals surface area contributed by atoms with Crippen LogP contribution in [-0.2, 0) is 4.74 Å². The van der Waals surface area contributed by atoms with Gasteiger partial charge in [-0.3, -0.25) is 0 Å². The Hall–Kier alpha value is -1.42. The van der Waals surface area contributed by atoms with Crippen molar-refractivity contribution in [3.05, 3.63) is 18.2 Å². The molecule has 2 heterocycles. The smallest absolute Gasteiger partial charge is 0.138 e. The van der Waals surface area contributed by atoms with Crippen LogP contribution in [0, 0.1) is 0 Å². The van der Waals surface area contributed by atoms with Gasteiger partial charge in [0.1, 0.15) is 5.75 Å². The van der Waals surface area contributed by atoms with Crippen LogP contribution in [0.1, 0.15) is 12.8 Å². The largest absolute Gasteiger partial charge is 0.506 e. The number of rotatable bonds is 1. The minimum atomic E-state index is 0.157. The SMILES string of the molecule is Nc1cc(N2C3CCC2COC3)ccc1O. The predicted molar refractivity (Wildman–Crippen MR) is 62.6 cm³/mol. The molecule has 0 aromatic heterocycles. The maximum atomic E-state index is 9.42. The summed E-state index contributed by atoms with van der Waals surface area (Å²) in [5, 5.41) is 9.42. The van der Waals surface area contributed by atoms with Crippen LogP contribution in [0.25, 0.3) is 0 Å².